The third-order valence-electron chi connectivity index (χ3n) is 7.78. The molecule has 4 aliphatic carbocycles. The van der Waals surface area contributed by atoms with Crippen molar-refractivity contribution in [3.8, 4) is 0 Å². The van der Waals surface area contributed by atoms with Crippen molar-refractivity contribution in [3.05, 3.63) is 11.6 Å². The minimum Gasteiger partial charge on any atom is -0.393 e. The molecule has 0 radical (unpaired) electrons. The number of Topliss-reactive ketones (excluding diaryl/α,β-unsaturated/α-hetero) is 1. The maximum atomic E-state index is 14.1. The number of ketones is 1. The first-order chi connectivity index (χ1) is 10.4. The number of carbonyl (C=O) groups is 1. The van der Waals surface area contributed by atoms with E-state index < -0.39 is 11.6 Å². The van der Waals surface area contributed by atoms with Crippen molar-refractivity contribution in [2.45, 2.75) is 71.1 Å². The zero-order chi connectivity index (χ0) is 15.7. The van der Waals surface area contributed by atoms with Crippen LogP contribution in [0.25, 0.3) is 0 Å². The highest BCUT2D eigenvalue weighted by atomic mass is 19.1. The van der Waals surface area contributed by atoms with E-state index in [2.05, 4.69) is 13.0 Å². The average Bonchev–Trinajstić information content (AvgIpc) is 2.72. The minimum absolute atomic E-state index is 0.130. The van der Waals surface area contributed by atoms with Gasteiger partial charge in [0.1, 0.15) is 0 Å². The lowest BCUT2D eigenvalue weighted by molar-refractivity contribution is -0.134. The molecule has 0 saturated heterocycles. The predicted octanol–water partition coefficient (Wildman–Crippen LogP) is 3.83. The monoisotopic (exact) mass is 306 g/mol. The van der Waals surface area contributed by atoms with Gasteiger partial charge in [0, 0.05) is 5.41 Å². The number of fused-ring (bicyclic) bond motifs is 5. The van der Waals surface area contributed by atoms with Crippen LogP contribution in [0.15, 0.2) is 11.6 Å². The average molecular weight is 306 g/mol. The maximum Gasteiger partial charge on any atom is 0.173 e. The fourth-order valence-electron chi connectivity index (χ4n) is 6.39. The molecular weight excluding hydrogens is 279 g/mol. The molecule has 0 aromatic rings. The number of rotatable bonds is 0. The van der Waals surface area contributed by atoms with E-state index in [0.29, 0.717) is 18.3 Å². The van der Waals surface area contributed by atoms with Crippen LogP contribution in [0.2, 0.25) is 0 Å². The molecule has 3 fully saturated rings. The van der Waals surface area contributed by atoms with Crippen molar-refractivity contribution in [1.82, 2.24) is 0 Å². The zero-order valence-electron chi connectivity index (χ0n) is 13.6. The molecule has 4 rings (SSSR count). The third-order valence-corrected chi connectivity index (χ3v) is 7.78. The third kappa shape index (κ3) is 1.78. The van der Waals surface area contributed by atoms with Crippen molar-refractivity contribution in [2.75, 3.05) is 0 Å². The van der Waals surface area contributed by atoms with Gasteiger partial charge in [-0.25, -0.2) is 4.39 Å². The van der Waals surface area contributed by atoms with Crippen LogP contribution >= 0.6 is 0 Å². The maximum absolute atomic E-state index is 14.1. The first kappa shape index (κ1) is 14.9. The highest BCUT2D eigenvalue weighted by Crippen LogP contribution is 2.64. The zero-order valence-corrected chi connectivity index (χ0v) is 13.6. The van der Waals surface area contributed by atoms with Crippen LogP contribution in [0, 0.1) is 28.6 Å². The summed E-state index contributed by atoms with van der Waals surface area (Å²) < 4.78 is 14.1. The molecule has 2 nitrogen and oxygen atoms in total. The Morgan fingerprint density at radius 3 is 2.68 bits per heavy atom. The van der Waals surface area contributed by atoms with E-state index in [1.165, 1.54) is 5.57 Å². The standard InChI is InChI=1S/C19H27FO2/c1-18-7-5-12(21)9-11(18)3-4-13-14(18)6-8-19(2)15(13)10-16(20)17(19)22/h3,12-16,21H,4-10H2,1-2H3/t12-,13+,14-,15-,16+,18-,19-/m1/s1. The number of aliphatic hydroxyl groups is 1. The van der Waals surface area contributed by atoms with Gasteiger partial charge in [0.15, 0.2) is 12.0 Å². The molecule has 3 saturated carbocycles. The fourth-order valence-corrected chi connectivity index (χ4v) is 6.39. The highest BCUT2D eigenvalue weighted by Gasteiger charge is 2.61. The van der Waals surface area contributed by atoms with Crippen LogP contribution in [0.4, 0.5) is 4.39 Å². The Morgan fingerprint density at radius 1 is 1.18 bits per heavy atom. The number of alkyl halides is 1. The van der Waals surface area contributed by atoms with Gasteiger partial charge in [-0.1, -0.05) is 25.5 Å². The topological polar surface area (TPSA) is 37.3 Å². The first-order valence-corrected chi connectivity index (χ1v) is 8.92. The second kappa shape index (κ2) is 4.66. The number of hydrogen-bond donors (Lipinski definition) is 1. The van der Waals surface area contributed by atoms with Gasteiger partial charge in [0.25, 0.3) is 0 Å². The molecule has 122 valence electrons. The summed E-state index contributed by atoms with van der Waals surface area (Å²) in [5.41, 5.74) is 1.18. The molecule has 0 bridgehead atoms. The Bertz CT molecular complexity index is 542. The number of aliphatic hydroxyl groups excluding tert-OH is 1. The molecule has 1 N–H and O–H groups in total. The van der Waals surface area contributed by atoms with Gasteiger partial charge in [-0.2, -0.15) is 0 Å². The van der Waals surface area contributed by atoms with Crippen molar-refractivity contribution in [2.24, 2.45) is 28.6 Å². The van der Waals surface area contributed by atoms with Crippen LogP contribution in [0.5, 0.6) is 0 Å². The lowest BCUT2D eigenvalue weighted by Gasteiger charge is -2.56. The summed E-state index contributed by atoms with van der Waals surface area (Å²) in [7, 11) is 0. The van der Waals surface area contributed by atoms with Crippen LogP contribution in [0.3, 0.4) is 0 Å². The van der Waals surface area contributed by atoms with E-state index in [4.69, 9.17) is 0 Å². The van der Waals surface area contributed by atoms with Crippen molar-refractivity contribution >= 4 is 5.78 Å². The van der Waals surface area contributed by atoms with Gasteiger partial charge in [0.2, 0.25) is 0 Å². The first-order valence-electron chi connectivity index (χ1n) is 8.92. The highest BCUT2D eigenvalue weighted by molar-refractivity contribution is 5.91. The van der Waals surface area contributed by atoms with Gasteiger partial charge >= 0.3 is 0 Å². The fraction of sp³-hybridized carbons (Fsp3) is 0.842. The molecular formula is C19H27FO2. The summed E-state index contributed by atoms with van der Waals surface area (Å²) in [5, 5.41) is 9.98. The van der Waals surface area contributed by atoms with E-state index in [9.17, 15) is 14.3 Å². The van der Waals surface area contributed by atoms with Gasteiger partial charge < -0.3 is 5.11 Å². The number of hydrogen-bond acceptors (Lipinski definition) is 2. The van der Waals surface area contributed by atoms with Gasteiger partial charge in [-0.05, 0) is 68.1 Å². The molecule has 4 aliphatic rings. The van der Waals surface area contributed by atoms with E-state index in [-0.39, 0.29) is 23.2 Å². The van der Waals surface area contributed by atoms with Crippen LogP contribution in [-0.4, -0.2) is 23.2 Å². The van der Waals surface area contributed by atoms with Crippen LogP contribution < -0.4 is 0 Å². The lowest BCUT2D eigenvalue weighted by Crippen LogP contribution is -2.50. The van der Waals surface area contributed by atoms with Crippen LogP contribution in [0.1, 0.15) is 58.8 Å². The van der Waals surface area contributed by atoms with E-state index >= 15 is 0 Å². The molecule has 22 heavy (non-hydrogen) atoms. The lowest BCUT2D eigenvalue weighted by atomic mass is 9.48. The van der Waals surface area contributed by atoms with Crippen LogP contribution in [-0.2, 0) is 4.79 Å². The van der Waals surface area contributed by atoms with Crippen molar-refractivity contribution in [1.29, 1.82) is 0 Å². The Balaban J connectivity index is 1.70. The largest absolute Gasteiger partial charge is 0.393 e. The molecule has 0 aromatic heterocycles. The Kier molecular flexibility index (Phi) is 3.15. The summed E-state index contributed by atoms with van der Waals surface area (Å²) in [6, 6.07) is 0. The Hall–Kier alpha value is -0.700. The molecule has 0 spiro atoms. The molecule has 0 unspecified atom stereocenters. The van der Waals surface area contributed by atoms with Crippen molar-refractivity contribution < 1.29 is 14.3 Å². The van der Waals surface area contributed by atoms with E-state index in [1.807, 2.05) is 6.92 Å². The summed E-state index contributed by atoms with van der Waals surface area (Å²) in [4.78, 5) is 12.3. The van der Waals surface area contributed by atoms with E-state index in [0.717, 1.165) is 38.5 Å². The summed E-state index contributed by atoms with van der Waals surface area (Å²) in [5.74, 6) is 1.11. The Morgan fingerprint density at radius 2 is 1.91 bits per heavy atom. The smallest absolute Gasteiger partial charge is 0.173 e. The van der Waals surface area contributed by atoms with Crippen molar-refractivity contribution in [3.63, 3.8) is 0 Å². The molecule has 0 amide bonds. The second-order valence-electron chi connectivity index (χ2n) is 8.68. The SMILES string of the molecule is C[C@@]12CC[C@@H]3[C@H](CC=C4C[C@H](O)CC[C@]43C)[C@H]1C[C@H](F)C2=O. The molecule has 3 heteroatoms. The summed E-state index contributed by atoms with van der Waals surface area (Å²) in [6.45, 7) is 4.37. The summed E-state index contributed by atoms with van der Waals surface area (Å²) in [6.07, 6.45) is 6.94. The second-order valence-corrected chi connectivity index (χ2v) is 8.68. The molecule has 0 heterocycles. The summed E-state index contributed by atoms with van der Waals surface area (Å²) >= 11 is 0. The van der Waals surface area contributed by atoms with Gasteiger partial charge in [-0.3, -0.25) is 4.79 Å². The normalized spacial score (nSPS) is 54.3. The number of carbonyl (C=O) groups excluding carboxylic acids is 1. The number of halogens is 1. The number of allylic oxidation sites excluding steroid dienone is 1. The molecule has 7 atom stereocenters. The minimum atomic E-state index is -1.24. The Labute approximate surface area is 132 Å². The molecule has 0 aliphatic heterocycles. The van der Waals surface area contributed by atoms with Gasteiger partial charge in [-0.15, -0.1) is 0 Å². The molecule has 0 aromatic carbocycles. The van der Waals surface area contributed by atoms with E-state index in [1.54, 1.807) is 0 Å². The van der Waals surface area contributed by atoms with Gasteiger partial charge in [0.05, 0.1) is 6.10 Å². The quantitative estimate of drug-likeness (QED) is 0.691. The predicted molar refractivity (Wildman–Crippen MR) is 83.0 cm³/mol.